The van der Waals surface area contributed by atoms with Gasteiger partial charge >= 0.3 is 0 Å². The van der Waals surface area contributed by atoms with Gasteiger partial charge in [0.1, 0.15) is 10.6 Å². The summed E-state index contributed by atoms with van der Waals surface area (Å²) < 4.78 is 15.3. The molecule has 30 heavy (non-hydrogen) atoms. The second-order valence-corrected chi connectivity index (χ2v) is 8.25. The van der Waals surface area contributed by atoms with Gasteiger partial charge in [-0.3, -0.25) is 14.2 Å². The molecule has 0 atom stereocenters. The number of carbonyl (C=O) groups is 1. The minimum atomic E-state index is -0.381. The van der Waals surface area contributed by atoms with Crippen LogP contribution in [0.4, 0.5) is 4.39 Å². The van der Waals surface area contributed by atoms with Crippen LogP contribution in [0.25, 0.3) is 10.2 Å². The minimum absolute atomic E-state index is 0.0713. The smallest absolute Gasteiger partial charge is 0.262 e. The molecule has 0 bridgehead atoms. The van der Waals surface area contributed by atoms with E-state index >= 15 is 0 Å². The maximum absolute atomic E-state index is 14.0. The van der Waals surface area contributed by atoms with Crippen LogP contribution in [-0.2, 0) is 13.1 Å². The van der Waals surface area contributed by atoms with E-state index in [-0.39, 0.29) is 23.8 Å². The van der Waals surface area contributed by atoms with Gasteiger partial charge in [0.25, 0.3) is 11.5 Å². The highest BCUT2D eigenvalue weighted by Gasteiger charge is 2.19. The lowest BCUT2D eigenvalue weighted by atomic mass is 10.2. The van der Waals surface area contributed by atoms with E-state index in [1.807, 2.05) is 12.1 Å². The fraction of sp³-hybridized carbons (Fsp3) is 0.136. The topological polar surface area (TPSA) is 64.0 Å². The van der Waals surface area contributed by atoms with Crippen LogP contribution in [-0.4, -0.2) is 15.5 Å². The maximum atomic E-state index is 14.0. The van der Waals surface area contributed by atoms with Crippen molar-refractivity contribution in [3.05, 3.63) is 97.6 Å². The molecule has 0 fully saturated rings. The number of halogens is 2. The third-order valence-electron chi connectivity index (χ3n) is 4.79. The highest BCUT2D eigenvalue weighted by molar-refractivity contribution is 7.20. The highest BCUT2D eigenvalue weighted by atomic mass is 35.5. The van der Waals surface area contributed by atoms with E-state index in [1.165, 1.54) is 28.3 Å². The molecular weight excluding hydrogens is 425 g/mol. The van der Waals surface area contributed by atoms with Crippen LogP contribution >= 0.6 is 22.9 Å². The Kier molecular flexibility index (Phi) is 5.65. The van der Waals surface area contributed by atoms with Gasteiger partial charge < -0.3 is 5.32 Å². The summed E-state index contributed by atoms with van der Waals surface area (Å²) in [5.41, 5.74) is 1.59. The third-order valence-corrected chi connectivity index (χ3v) is 6.24. The van der Waals surface area contributed by atoms with Crippen molar-refractivity contribution in [1.29, 1.82) is 0 Å². The average Bonchev–Trinajstić information content (AvgIpc) is 3.08. The van der Waals surface area contributed by atoms with Crippen molar-refractivity contribution in [2.24, 2.45) is 0 Å². The van der Waals surface area contributed by atoms with E-state index in [0.29, 0.717) is 37.8 Å². The predicted octanol–water partition coefficient (Wildman–Crippen LogP) is 4.54. The van der Waals surface area contributed by atoms with Gasteiger partial charge in [-0.25, -0.2) is 9.37 Å². The van der Waals surface area contributed by atoms with Crippen molar-refractivity contribution in [2.75, 3.05) is 0 Å². The average molecular weight is 442 g/mol. The maximum Gasteiger partial charge on any atom is 0.262 e. The Morgan fingerprint density at radius 1 is 1.20 bits per heavy atom. The summed E-state index contributed by atoms with van der Waals surface area (Å²) in [6.07, 6.45) is 1.39. The SMILES string of the molecule is Cc1c(C(=O)NCc2ccc(Cl)cc2)sc2ncn(Cc3ccccc3F)c(=O)c12. The lowest BCUT2D eigenvalue weighted by Crippen LogP contribution is -2.23. The Labute approximate surface area is 180 Å². The van der Waals surface area contributed by atoms with Gasteiger partial charge in [0.05, 0.1) is 23.1 Å². The first-order valence-electron chi connectivity index (χ1n) is 9.18. The Morgan fingerprint density at radius 3 is 2.67 bits per heavy atom. The van der Waals surface area contributed by atoms with E-state index in [4.69, 9.17) is 11.6 Å². The number of carbonyl (C=O) groups excluding carboxylic acids is 1. The van der Waals surface area contributed by atoms with Crippen LogP contribution in [0.15, 0.2) is 59.7 Å². The Hall–Kier alpha value is -3.03. The Morgan fingerprint density at radius 2 is 1.93 bits per heavy atom. The fourth-order valence-corrected chi connectivity index (χ4v) is 4.35. The van der Waals surface area contributed by atoms with Crippen molar-refractivity contribution < 1.29 is 9.18 Å². The number of aryl methyl sites for hydroxylation is 1. The van der Waals surface area contributed by atoms with Crippen LogP contribution in [0.3, 0.4) is 0 Å². The number of rotatable bonds is 5. The molecule has 0 radical (unpaired) electrons. The zero-order chi connectivity index (χ0) is 21.3. The number of hydrogen-bond acceptors (Lipinski definition) is 4. The predicted molar refractivity (Wildman–Crippen MR) is 117 cm³/mol. The molecule has 2 aromatic carbocycles. The number of hydrogen-bond donors (Lipinski definition) is 1. The zero-order valence-corrected chi connectivity index (χ0v) is 17.6. The van der Waals surface area contributed by atoms with Crippen molar-refractivity contribution in [3.8, 4) is 0 Å². The number of amides is 1. The molecule has 1 amide bonds. The first-order valence-corrected chi connectivity index (χ1v) is 10.4. The van der Waals surface area contributed by atoms with Gasteiger partial charge in [0, 0.05) is 17.1 Å². The molecule has 1 N–H and O–H groups in total. The van der Waals surface area contributed by atoms with Crippen molar-refractivity contribution in [1.82, 2.24) is 14.9 Å². The summed E-state index contributed by atoms with van der Waals surface area (Å²) in [4.78, 5) is 30.9. The summed E-state index contributed by atoms with van der Waals surface area (Å²) >= 11 is 7.05. The van der Waals surface area contributed by atoms with Gasteiger partial charge in [-0.2, -0.15) is 0 Å². The third kappa shape index (κ3) is 3.99. The molecule has 0 saturated carbocycles. The van der Waals surface area contributed by atoms with Crippen LogP contribution in [0.1, 0.15) is 26.4 Å². The molecule has 0 spiro atoms. The van der Waals surface area contributed by atoms with E-state index in [0.717, 1.165) is 5.56 Å². The van der Waals surface area contributed by atoms with Crippen LogP contribution in [0.2, 0.25) is 5.02 Å². The Bertz CT molecular complexity index is 1300. The normalized spacial score (nSPS) is 11.0. The summed E-state index contributed by atoms with van der Waals surface area (Å²) in [6.45, 7) is 2.14. The van der Waals surface area contributed by atoms with Gasteiger partial charge in [-0.1, -0.05) is 41.9 Å². The minimum Gasteiger partial charge on any atom is -0.347 e. The van der Waals surface area contributed by atoms with Crippen molar-refractivity contribution >= 4 is 39.1 Å². The molecule has 4 rings (SSSR count). The lowest BCUT2D eigenvalue weighted by Gasteiger charge is -2.06. The fourth-order valence-electron chi connectivity index (χ4n) is 3.16. The van der Waals surface area contributed by atoms with E-state index in [9.17, 15) is 14.0 Å². The van der Waals surface area contributed by atoms with Crippen molar-refractivity contribution in [2.45, 2.75) is 20.0 Å². The summed E-state index contributed by atoms with van der Waals surface area (Å²) in [5.74, 6) is -0.653. The quantitative estimate of drug-likeness (QED) is 0.494. The molecule has 2 heterocycles. The molecule has 2 aromatic heterocycles. The second-order valence-electron chi connectivity index (χ2n) is 6.81. The van der Waals surface area contributed by atoms with Gasteiger partial charge in [0.15, 0.2) is 0 Å². The summed E-state index contributed by atoms with van der Waals surface area (Å²) in [7, 11) is 0. The molecule has 0 unspecified atom stereocenters. The standard InChI is InChI=1S/C22H17ClFN3O2S/c1-13-18-21(26-12-27(22(18)29)11-15-4-2-3-5-17(15)24)30-19(13)20(28)25-10-14-6-8-16(23)9-7-14/h2-9,12H,10-11H2,1H3,(H,25,28). The van der Waals surface area contributed by atoms with E-state index in [1.54, 1.807) is 37.3 Å². The number of nitrogens with zero attached hydrogens (tertiary/aromatic N) is 2. The molecule has 8 heteroatoms. The van der Waals surface area contributed by atoms with Crippen molar-refractivity contribution in [3.63, 3.8) is 0 Å². The molecule has 0 aliphatic heterocycles. The van der Waals surface area contributed by atoms with Crippen LogP contribution < -0.4 is 10.9 Å². The molecule has 0 aliphatic rings. The Balaban J connectivity index is 1.61. The van der Waals surface area contributed by atoms with Crippen LogP contribution in [0.5, 0.6) is 0 Å². The molecule has 4 aromatic rings. The van der Waals surface area contributed by atoms with Gasteiger partial charge in [-0.05, 0) is 36.2 Å². The molecule has 5 nitrogen and oxygen atoms in total. The van der Waals surface area contributed by atoms with Gasteiger partial charge in [-0.15, -0.1) is 11.3 Å². The van der Waals surface area contributed by atoms with E-state index in [2.05, 4.69) is 10.3 Å². The molecule has 0 saturated heterocycles. The first-order chi connectivity index (χ1) is 14.4. The number of nitrogens with one attached hydrogen (secondary N) is 1. The lowest BCUT2D eigenvalue weighted by molar-refractivity contribution is 0.0954. The number of benzene rings is 2. The highest BCUT2D eigenvalue weighted by Crippen LogP contribution is 2.27. The molecule has 0 aliphatic carbocycles. The van der Waals surface area contributed by atoms with E-state index < -0.39 is 0 Å². The molecular formula is C22H17ClFN3O2S. The van der Waals surface area contributed by atoms with Gasteiger partial charge in [0.2, 0.25) is 0 Å². The largest absolute Gasteiger partial charge is 0.347 e. The molecule has 152 valence electrons. The first kappa shape index (κ1) is 20.3. The number of thiophene rings is 1. The number of aromatic nitrogens is 2. The second kappa shape index (κ2) is 8.38. The zero-order valence-electron chi connectivity index (χ0n) is 16.0. The summed E-state index contributed by atoms with van der Waals surface area (Å²) in [6, 6.07) is 13.5. The number of fused-ring (bicyclic) bond motifs is 1. The monoisotopic (exact) mass is 441 g/mol. The van der Waals surface area contributed by atoms with Crippen LogP contribution in [0, 0.1) is 12.7 Å². The summed E-state index contributed by atoms with van der Waals surface area (Å²) in [5, 5.41) is 3.87.